The van der Waals surface area contributed by atoms with Crippen LogP contribution in [-0.2, 0) is 26.0 Å². The van der Waals surface area contributed by atoms with Gasteiger partial charge >= 0.3 is 6.18 Å². The van der Waals surface area contributed by atoms with E-state index >= 15 is 0 Å². The third kappa shape index (κ3) is 4.53. The van der Waals surface area contributed by atoms with Crippen LogP contribution in [0.2, 0.25) is 0 Å². The molecule has 8 nitrogen and oxygen atoms in total. The Morgan fingerprint density at radius 2 is 1.69 bits per heavy atom. The van der Waals surface area contributed by atoms with Gasteiger partial charge in [0.15, 0.2) is 0 Å². The van der Waals surface area contributed by atoms with Gasteiger partial charge in [0.1, 0.15) is 14.7 Å². The molecule has 3 rings (SSSR count). The van der Waals surface area contributed by atoms with E-state index < -0.39 is 63.4 Å². The van der Waals surface area contributed by atoms with Gasteiger partial charge < -0.3 is 5.32 Å². The molecule has 0 aliphatic rings. The lowest BCUT2D eigenvalue weighted by Gasteiger charge is -2.20. The van der Waals surface area contributed by atoms with Crippen LogP contribution in [0.25, 0.3) is 0 Å². The summed E-state index contributed by atoms with van der Waals surface area (Å²) >= 11 is 0.888. The summed E-state index contributed by atoms with van der Waals surface area (Å²) in [6.45, 7) is 1.04. The molecule has 1 aromatic heterocycles. The Bertz CT molecular complexity index is 1400. The number of thiazole rings is 1. The number of carbonyl (C=O) groups is 1. The summed E-state index contributed by atoms with van der Waals surface area (Å²) in [7, 11) is -9.75. The van der Waals surface area contributed by atoms with Crippen molar-refractivity contribution in [3.8, 4) is 0 Å². The lowest BCUT2D eigenvalue weighted by molar-refractivity contribution is -0.140. The largest absolute Gasteiger partial charge is 0.418 e. The number of alkyl halides is 3. The van der Waals surface area contributed by atoms with E-state index in [0.717, 1.165) is 54.8 Å². The van der Waals surface area contributed by atoms with E-state index in [2.05, 4.69) is 10.3 Å². The number of aryl methyl sites for hydroxylation is 1. The van der Waals surface area contributed by atoms with Crippen LogP contribution in [0.1, 0.15) is 20.8 Å². The summed E-state index contributed by atoms with van der Waals surface area (Å²) < 4.78 is 92.5. The van der Waals surface area contributed by atoms with Gasteiger partial charge in [-0.3, -0.25) is 9.78 Å². The average molecular weight is 506 g/mol. The highest BCUT2D eigenvalue weighted by Gasteiger charge is 2.42. The number of nitrogens with two attached hydrogens (primary N) is 1. The molecule has 0 radical (unpaired) electrons. The molecule has 1 heterocycles. The van der Waals surface area contributed by atoms with Crippen molar-refractivity contribution in [2.24, 2.45) is 5.14 Å². The van der Waals surface area contributed by atoms with Crippen LogP contribution in [0.5, 0.6) is 0 Å². The molecule has 14 heteroatoms. The molecule has 0 bridgehead atoms. The number of benzene rings is 2. The number of primary sulfonamides is 1. The number of aromatic nitrogens is 1. The zero-order chi connectivity index (χ0) is 23.9. The number of rotatable bonds is 5. The maximum absolute atomic E-state index is 14.0. The second-order valence-electron chi connectivity index (χ2n) is 6.45. The Hall–Kier alpha value is -2.81. The normalized spacial score (nSPS) is 12.5. The van der Waals surface area contributed by atoms with Crippen LogP contribution in [0, 0.1) is 6.92 Å². The molecular weight excluding hydrogens is 491 g/mol. The van der Waals surface area contributed by atoms with Gasteiger partial charge in [-0.25, -0.2) is 22.0 Å². The molecule has 0 atom stereocenters. The lowest BCUT2D eigenvalue weighted by Crippen LogP contribution is -2.22. The topological polar surface area (TPSA) is 136 Å². The third-order valence-electron chi connectivity index (χ3n) is 4.27. The van der Waals surface area contributed by atoms with E-state index in [4.69, 9.17) is 5.14 Å². The first kappa shape index (κ1) is 23.8. The molecule has 0 unspecified atom stereocenters. The second kappa shape index (κ2) is 8.27. The van der Waals surface area contributed by atoms with E-state index in [1.54, 1.807) is 0 Å². The fraction of sp³-hybridized carbons (Fsp3) is 0.111. The molecule has 0 fully saturated rings. The van der Waals surface area contributed by atoms with Gasteiger partial charge in [-0.05, 0) is 30.7 Å². The highest BCUT2D eigenvalue weighted by molar-refractivity contribution is 7.93. The summed E-state index contributed by atoms with van der Waals surface area (Å²) in [6, 6.07) is 5.99. The Morgan fingerprint density at radius 1 is 1.06 bits per heavy atom. The molecule has 0 aliphatic carbocycles. The SMILES string of the molecule is Cc1ccc(NC(=O)c2cncs2)c(S(=O)(=O)c2ccccc2S(N)(=O)=O)c1C(F)(F)F. The summed E-state index contributed by atoms with van der Waals surface area (Å²) in [4.78, 5) is 13.0. The van der Waals surface area contributed by atoms with Crippen molar-refractivity contribution in [1.82, 2.24) is 4.98 Å². The van der Waals surface area contributed by atoms with Gasteiger partial charge in [-0.1, -0.05) is 18.2 Å². The quantitative estimate of drug-likeness (QED) is 0.547. The van der Waals surface area contributed by atoms with E-state index in [-0.39, 0.29) is 4.88 Å². The number of hydrogen-bond donors (Lipinski definition) is 2. The first-order valence-electron chi connectivity index (χ1n) is 8.52. The Kier molecular flexibility index (Phi) is 6.16. The Labute approximate surface area is 184 Å². The molecule has 170 valence electrons. The van der Waals surface area contributed by atoms with Crippen molar-refractivity contribution < 1.29 is 34.8 Å². The number of carbonyl (C=O) groups excluding carboxylic acids is 1. The van der Waals surface area contributed by atoms with E-state index in [0.29, 0.717) is 0 Å². The highest BCUT2D eigenvalue weighted by atomic mass is 32.2. The Morgan fingerprint density at radius 3 is 2.22 bits per heavy atom. The molecule has 0 saturated heterocycles. The number of nitrogens with zero attached hydrogens (tertiary/aromatic N) is 1. The number of sulfonamides is 1. The van der Waals surface area contributed by atoms with E-state index in [9.17, 15) is 34.8 Å². The lowest BCUT2D eigenvalue weighted by atomic mass is 10.1. The fourth-order valence-electron chi connectivity index (χ4n) is 2.94. The smallest absolute Gasteiger partial charge is 0.320 e. The number of anilines is 1. The zero-order valence-corrected chi connectivity index (χ0v) is 18.5. The first-order chi connectivity index (χ1) is 14.7. The summed E-state index contributed by atoms with van der Waals surface area (Å²) in [5, 5.41) is 7.24. The molecular formula is C18H14F3N3O5S3. The molecule has 1 amide bonds. The maximum Gasteiger partial charge on any atom is 0.418 e. The van der Waals surface area contributed by atoms with Gasteiger partial charge in [0.25, 0.3) is 5.91 Å². The van der Waals surface area contributed by atoms with Crippen molar-refractivity contribution in [3.05, 3.63) is 64.1 Å². The zero-order valence-electron chi connectivity index (χ0n) is 16.0. The van der Waals surface area contributed by atoms with Gasteiger partial charge in [0, 0.05) is 0 Å². The van der Waals surface area contributed by atoms with Crippen molar-refractivity contribution in [2.75, 3.05) is 5.32 Å². The molecule has 3 N–H and O–H groups in total. The van der Waals surface area contributed by atoms with Crippen LogP contribution in [0.3, 0.4) is 0 Å². The minimum Gasteiger partial charge on any atom is -0.320 e. The third-order valence-corrected chi connectivity index (χ3v) is 8.03. The second-order valence-corrected chi connectivity index (χ2v) is 10.7. The van der Waals surface area contributed by atoms with E-state index in [1.807, 2.05) is 0 Å². The maximum atomic E-state index is 14.0. The molecule has 0 aliphatic heterocycles. The van der Waals surface area contributed by atoms with Crippen LogP contribution in [0.15, 0.2) is 62.8 Å². The van der Waals surface area contributed by atoms with Gasteiger partial charge in [-0.15, -0.1) is 11.3 Å². The number of nitrogens with one attached hydrogen (secondary N) is 1. The average Bonchev–Trinajstić information content (AvgIpc) is 3.22. The number of halogens is 3. The fourth-order valence-corrected chi connectivity index (χ4v) is 6.51. The minimum absolute atomic E-state index is 0.0208. The molecule has 3 aromatic rings. The van der Waals surface area contributed by atoms with Crippen molar-refractivity contribution in [1.29, 1.82) is 0 Å². The molecule has 32 heavy (non-hydrogen) atoms. The van der Waals surface area contributed by atoms with Crippen molar-refractivity contribution >= 4 is 42.8 Å². The highest BCUT2D eigenvalue weighted by Crippen LogP contribution is 2.43. The Balaban J connectivity index is 2.36. The molecule has 0 spiro atoms. The predicted octanol–water partition coefficient (Wildman–Crippen LogP) is 3.20. The monoisotopic (exact) mass is 505 g/mol. The van der Waals surface area contributed by atoms with E-state index in [1.165, 1.54) is 11.6 Å². The van der Waals surface area contributed by atoms with Crippen molar-refractivity contribution in [3.63, 3.8) is 0 Å². The van der Waals surface area contributed by atoms with Gasteiger partial charge in [-0.2, -0.15) is 13.2 Å². The van der Waals surface area contributed by atoms with Gasteiger partial charge in [0.05, 0.1) is 27.9 Å². The van der Waals surface area contributed by atoms with Crippen LogP contribution in [-0.4, -0.2) is 27.7 Å². The van der Waals surface area contributed by atoms with Crippen LogP contribution >= 0.6 is 11.3 Å². The molecule has 0 saturated carbocycles. The molecule has 2 aromatic carbocycles. The summed E-state index contributed by atoms with van der Waals surface area (Å²) in [5.74, 6) is -0.888. The summed E-state index contributed by atoms with van der Waals surface area (Å²) in [5.41, 5.74) is -1.35. The van der Waals surface area contributed by atoms with Crippen LogP contribution in [0.4, 0.5) is 18.9 Å². The minimum atomic E-state index is -5.14. The first-order valence-corrected chi connectivity index (χ1v) is 12.4. The van der Waals surface area contributed by atoms with Crippen molar-refractivity contribution in [2.45, 2.75) is 27.8 Å². The standard InChI is InChI=1S/C18H14F3N3O5S3/c1-10-6-7-11(24-17(25)12-8-23-9-30-12)16(15(10)18(19,20)21)31(26,27)13-4-2-3-5-14(13)32(22,28)29/h2-9H,1H3,(H,24,25)(H2,22,28,29). The van der Waals surface area contributed by atoms with Crippen LogP contribution < -0.4 is 10.5 Å². The number of hydrogen-bond acceptors (Lipinski definition) is 7. The number of sulfone groups is 1. The number of amides is 1. The summed E-state index contributed by atoms with van der Waals surface area (Å²) in [6.07, 6.45) is -3.99. The predicted molar refractivity (Wildman–Crippen MR) is 110 cm³/mol. The van der Waals surface area contributed by atoms with Gasteiger partial charge in [0.2, 0.25) is 19.9 Å².